The number of carbonyl (C=O) groups excluding carboxylic acids is 2. The fraction of sp³-hybridized carbons (Fsp3) is 0.143. The maximum atomic E-state index is 12.8. The standard InChI is InChI=1S/C21H20FN3O5S/c22-17-6-8-18(9-7-17)30-14-21(27)25-24-20(26)11-12-23-31(28,29)19-10-5-15-3-1-2-4-16(15)13-19/h1-10,13,23H,11-12,14H2,(H,24,26)(H,25,27). The van der Waals surface area contributed by atoms with Crippen molar-refractivity contribution in [1.29, 1.82) is 0 Å². The summed E-state index contributed by atoms with van der Waals surface area (Å²) in [6.45, 7) is -0.538. The van der Waals surface area contributed by atoms with Crippen LogP contribution in [0.25, 0.3) is 10.8 Å². The lowest BCUT2D eigenvalue weighted by molar-refractivity contribution is -0.129. The third kappa shape index (κ3) is 6.49. The van der Waals surface area contributed by atoms with E-state index in [1.165, 1.54) is 30.3 Å². The molecule has 0 heterocycles. The number of amides is 2. The van der Waals surface area contributed by atoms with Crippen LogP contribution in [0.2, 0.25) is 0 Å². The number of rotatable bonds is 8. The van der Waals surface area contributed by atoms with Crippen molar-refractivity contribution >= 4 is 32.6 Å². The predicted octanol–water partition coefficient (Wildman–Crippen LogP) is 1.87. The van der Waals surface area contributed by atoms with E-state index in [9.17, 15) is 22.4 Å². The van der Waals surface area contributed by atoms with Crippen LogP contribution in [0.15, 0.2) is 71.6 Å². The van der Waals surface area contributed by atoms with Crippen molar-refractivity contribution in [3.63, 3.8) is 0 Å². The van der Waals surface area contributed by atoms with Gasteiger partial charge in [0, 0.05) is 13.0 Å². The van der Waals surface area contributed by atoms with Gasteiger partial charge in [-0.2, -0.15) is 0 Å². The first-order valence-corrected chi connectivity index (χ1v) is 10.8. The highest BCUT2D eigenvalue weighted by molar-refractivity contribution is 7.89. The van der Waals surface area contributed by atoms with Crippen molar-refractivity contribution in [1.82, 2.24) is 15.6 Å². The molecule has 0 radical (unpaired) electrons. The van der Waals surface area contributed by atoms with E-state index >= 15 is 0 Å². The number of carbonyl (C=O) groups is 2. The molecule has 3 N–H and O–H groups in total. The molecule has 10 heteroatoms. The number of hydrogen-bond donors (Lipinski definition) is 3. The minimum Gasteiger partial charge on any atom is -0.484 e. The first kappa shape index (κ1) is 22.2. The second-order valence-electron chi connectivity index (χ2n) is 6.50. The topological polar surface area (TPSA) is 114 Å². The highest BCUT2D eigenvalue weighted by Gasteiger charge is 2.15. The Balaban J connectivity index is 1.40. The Labute approximate surface area is 178 Å². The molecule has 2 amide bonds. The van der Waals surface area contributed by atoms with Crippen molar-refractivity contribution in [3.8, 4) is 5.75 Å². The highest BCUT2D eigenvalue weighted by atomic mass is 32.2. The van der Waals surface area contributed by atoms with E-state index in [1.807, 2.05) is 24.3 Å². The van der Waals surface area contributed by atoms with E-state index in [-0.39, 0.29) is 24.5 Å². The summed E-state index contributed by atoms with van der Waals surface area (Å²) >= 11 is 0. The first-order valence-electron chi connectivity index (χ1n) is 9.28. The Morgan fingerprint density at radius 1 is 0.871 bits per heavy atom. The van der Waals surface area contributed by atoms with Gasteiger partial charge in [-0.1, -0.05) is 30.3 Å². The van der Waals surface area contributed by atoms with Crippen LogP contribution in [0, 0.1) is 5.82 Å². The molecule has 0 saturated carbocycles. The quantitative estimate of drug-likeness (QED) is 0.458. The first-order chi connectivity index (χ1) is 14.8. The van der Waals surface area contributed by atoms with Crippen LogP contribution >= 0.6 is 0 Å². The molecule has 162 valence electrons. The van der Waals surface area contributed by atoms with Crippen molar-refractivity contribution in [2.45, 2.75) is 11.3 Å². The van der Waals surface area contributed by atoms with Gasteiger partial charge in [0.05, 0.1) is 4.90 Å². The molecule has 0 saturated heterocycles. The van der Waals surface area contributed by atoms with Crippen molar-refractivity contribution in [2.75, 3.05) is 13.2 Å². The minimum absolute atomic E-state index is 0.0952. The zero-order chi connectivity index (χ0) is 22.3. The fourth-order valence-corrected chi connectivity index (χ4v) is 3.70. The smallest absolute Gasteiger partial charge is 0.276 e. The minimum atomic E-state index is -3.79. The molecular formula is C21H20FN3O5S. The molecule has 0 atom stereocenters. The third-order valence-electron chi connectivity index (χ3n) is 4.20. The van der Waals surface area contributed by atoms with Gasteiger partial charge in [-0.05, 0) is 47.2 Å². The van der Waals surface area contributed by atoms with E-state index in [4.69, 9.17) is 4.74 Å². The molecule has 0 aromatic heterocycles. The second-order valence-corrected chi connectivity index (χ2v) is 8.26. The SMILES string of the molecule is O=C(CCNS(=O)(=O)c1ccc2ccccc2c1)NNC(=O)COc1ccc(F)cc1. The van der Waals surface area contributed by atoms with Crippen LogP contribution in [0.5, 0.6) is 5.75 Å². The zero-order valence-corrected chi connectivity index (χ0v) is 17.1. The monoisotopic (exact) mass is 445 g/mol. The second kappa shape index (κ2) is 10.0. The lowest BCUT2D eigenvalue weighted by Crippen LogP contribution is -2.44. The molecule has 3 aromatic carbocycles. The van der Waals surface area contributed by atoms with Crippen molar-refractivity contribution in [3.05, 3.63) is 72.5 Å². The largest absolute Gasteiger partial charge is 0.484 e. The molecule has 8 nitrogen and oxygen atoms in total. The number of halogens is 1. The number of sulfonamides is 1. The summed E-state index contributed by atoms with van der Waals surface area (Å²) in [5, 5.41) is 1.70. The zero-order valence-electron chi connectivity index (χ0n) is 16.3. The summed E-state index contributed by atoms with van der Waals surface area (Å²) in [6, 6.07) is 17.2. The van der Waals surface area contributed by atoms with Gasteiger partial charge in [0.1, 0.15) is 11.6 Å². The maximum Gasteiger partial charge on any atom is 0.276 e. The molecule has 3 aromatic rings. The van der Waals surface area contributed by atoms with E-state index < -0.39 is 27.7 Å². The lowest BCUT2D eigenvalue weighted by atomic mass is 10.1. The van der Waals surface area contributed by atoms with Gasteiger partial charge in [-0.15, -0.1) is 0 Å². The summed E-state index contributed by atoms with van der Waals surface area (Å²) < 4.78 is 45.1. The maximum absolute atomic E-state index is 12.8. The van der Waals surface area contributed by atoms with E-state index in [0.717, 1.165) is 10.8 Å². The van der Waals surface area contributed by atoms with Crippen molar-refractivity contribution < 1.29 is 27.1 Å². The Kier molecular flexibility index (Phi) is 7.16. The van der Waals surface area contributed by atoms with Crippen LogP contribution in [0.1, 0.15) is 6.42 Å². The van der Waals surface area contributed by atoms with Gasteiger partial charge in [0.15, 0.2) is 6.61 Å². The average molecular weight is 445 g/mol. The third-order valence-corrected chi connectivity index (χ3v) is 5.66. The van der Waals surface area contributed by atoms with Crippen LogP contribution in [-0.4, -0.2) is 33.4 Å². The highest BCUT2D eigenvalue weighted by Crippen LogP contribution is 2.18. The van der Waals surface area contributed by atoms with Crippen LogP contribution in [-0.2, 0) is 19.6 Å². The molecule has 0 bridgehead atoms. The van der Waals surface area contributed by atoms with Crippen LogP contribution in [0.3, 0.4) is 0 Å². The predicted molar refractivity (Wildman–Crippen MR) is 112 cm³/mol. The van der Waals surface area contributed by atoms with Gasteiger partial charge >= 0.3 is 0 Å². The molecule has 0 spiro atoms. The Hall–Kier alpha value is -3.50. The normalized spacial score (nSPS) is 11.1. The number of benzene rings is 3. The molecule has 0 aliphatic heterocycles. The van der Waals surface area contributed by atoms with E-state index in [1.54, 1.807) is 12.1 Å². The molecular weight excluding hydrogens is 425 g/mol. The van der Waals surface area contributed by atoms with E-state index in [0.29, 0.717) is 5.75 Å². The Morgan fingerprint density at radius 3 is 2.29 bits per heavy atom. The molecule has 0 unspecified atom stereocenters. The average Bonchev–Trinajstić information content (AvgIpc) is 2.77. The number of nitrogens with one attached hydrogen (secondary N) is 3. The van der Waals surface area contributed by atoms with Crippen molar-refractivity contribution in [2.24, 2.45) is 0 Å². The van der Waals surface area contributed by atoms with Gasteiger partial charge in [-0.3, -0.25) is 20.4 Å². The van der Waals surface area contributed by atoms with Gasteiger partial charge in [0.2, 0.25) is 15.9 Å². The number of fused-ring (bicyclic) bond motifs is 1. The Bertz CT molecular complexity index is 1180. The molecule has 0 aliphatic carbocycles. The number of hydrazine groups is 1. The van der Waals surface area contributed by atoms with Gasteiger partial charge in [-0.25, -0.2) is 17.5 Å². The summed E-state index contributed by atoms with van der Waals surface area (Å²) in [5.74, 6) is -1.35. The molecule has 31 heavy (non-hydrogen) atoms. The molecule has 0 aliphatic rings. The Morgan fingerprint density at radius 2 is 1.55 bits per heavy atom. The van der Waals surface area contributed by atoms with Crippen LogP contribution < -0.4 is 20.3 Å². The fourth-order valence-electron chi connectivity index (χ4n) is 2.63. The van der Waals surface area contributed by atoms with Gasteiger partial charge in [0.25, 0.3) is 5.91 Å². The van der Waals surface area contributed by atoms with Crippen LogP contribution in [0.4, 0.5) is 4.39 Å². The summed E-state index contributed by atoms with van der Waals surface area (Å²) in [4.78, 5) is 23.6. The molecule has 0 fully saturated rings. The molecule has 3 rings (SSSR count). The van der Waals surface area contributed by atoms with E-state index in [2.05, 4.69) is 15.6 Å². The lowest BCUT2D eigenvalue weighted by Gasteiger charge is -2.10. The summed E-state index contributed by atoms with van der Waals surface area (Å²) in [7, 11) is -3.79. The summed E-state index contributed by atoms with van der Waals surface area (Å²) in [5.41, 5.74) is 4.31. The number of hydrogen-bond acceptors (Lipinski definition) is 5. The van der Waals surface area contributed by atoms with Gasteiger partial charge < -0.3 is 4.74 Å². The summed E-state index contributed by atoms with van der Waals surface area (Å²) in [6.07, 6.45) is -0.189. The number of ether oxygens (including phenoxy) is 1.